The van der Waals surface area contributed by atoms with E-state index in [9.17, 15) is 4.79 Å². The smallest absolute Gasteiger partial charge is 0.236 e. The molecule has 1 aromatic rings. The van der Waals surface area contributed by atoms with Gasteiger partial charge in [0, 0.05) is 39.1 Å². The second-order valence-electron chi connectivity index (χ2n) is 5.46. The monoisotopic (exact) mass is 292 g/mol. The third kappa shape index (κ3) is 6.58. The second kappa shape index (κ2) is 9.34. The molecule has 0 unspecified atom stereocenters. The maximum atomic E-state index is 11.9. The Hall–Kier alpha value is -1.62. The quantitative estimate of drug-likeness (QED) is 0.758. The van der Waals surface area contributed by atoms with Crippen molar-refractivity contribution < 1.29 is 4.79 Å². The van der Waals surface area contributed by atoms with Crippen LogP contribution in [-0.4, -0.2) is 54.4 Å². The minimum Gasteiger partial charge on any atom is -0.385 e. The molecule has 5 nitrogen and oxygen atoms in total. The molecule has 0 fully saturated rings. The molecule has 0 bridgehead atoms. The Morgan fingerprint density at radius 2 is 2.05 bits per heavy atom. The summed E-state index contributed by atoms with van der Waals surface area (Å²) in [6, 6.07) is 4.05. The number of hydrogen-bond acceptors (Lipinski definition) is 4. The average Bonchev–Trinajstić information content (AvgIpc) is 2.45. The van der Waals surface area contributed by atoms with Gasteiger partial charge < -0.3 is 10.2 Å². The van der Waals surface area contributed by atoms with E-state index in [4.69, 9.17) is 0 Å². The first-order valence-electron chi connectivity index (χ1n) is 7.68. The summed E-state index contributed by atoms with van der Waals surface area (Å²) in [5.41, 5.74) is 2.09. The van der Waals surface area contributed by atoms with Crippen LogP contribution in [-0.2, 0) is 11.3 Å². The van der Waals surface area contributed by atoms with Gasteiger partial charge in [0.15, 0.2) is 0 Å². The molecule has 118 valence electrons. The van der Waals surface area contributed by atoms with Gasteiger partial charge >= 0.3 is 0 Å². The maximum Gasteiger partial charge on any atom is 0.236 e. The zero-order chi connectivity index (χ0) is 15.7. The summed E-state index contributed by atoms with van der Waals surface area (Å²) in [4.78, 5) is 20.1. The molecule has 0 spiro atoms. The summed E-state index contributed by atoms with van der Waals surface area (Å²) in [6.07, 6.45) is 3.94. The highest BCUT2D eigenvalue weighted by atomic mass is 16.2. The van der Waals surface area contributed by atoms with Crippen molar-refractivity contribution in [3.63, 3.8) is 0 Å². The average molecular weight is 292 g/mol. The molecule has 0 aliphatic rings. The third-order valence-electron chi connectivity index (χ3n) is 3.18. The van der Waals surface area contributed by atoms with Crippen LogP contribution in [0.5, 0.6) is 0 Å². The number of hydrogen-bond donors (Lipinski definition) is 1. The number of likely N-dealkylation sites (N-methyl/N-ethyl adjacent to an activating group) is 1. The van der Waals surface area contributed by atoms with Crippen molar-refractivity contribution in [3.05, 3.63) is 24.0 Å². The van der Waals surface area contributed by atoms with Gasteiger partial charge in [-0.1, -0.05) is 13.8 Å². The van der Waals surface area contributed by atoms with E-state index in [1.807, 2.05) is 12.3 Å². The molecule has 21 heavy (non-hydrogen) atoms. The van der Waals surface area contributed by atoms with Crippen molar-refractivity contribution in [2.75, 3.05) is 39.0 Å². The molecule has 1 aromatic heterocycles. The number of anilines is 1. The minimum atomic E-state index is 0.128. The first-order chi connectivity index (χ1) is 10.1. The molecule has 0 aliphatic heterocycles. The van der Waals surface area contributed by atoms with Crippen LogP contribution >= 0.6 is 0 Å². The van der Waals surface area contributed by atoms with Gasteiger partial charge in [0.1, 0.15) is 0 Å². The Morgan fingerprint density at radius 1 is 1.29 bits per heavy atom. The van der Waals surface area contributed by atoms with Gasteiger partial charge in [0.2, 0.25) is 5.91 Å². The fourth-order valence-corrected chi connectivity index (χ4v) is 2.04. The highest BCUT2D eigenvalue weighted by Crippen LogP contribution is 2.10. The van der Waals surface area contributed by atoms with E-state index in [0.29, 0.717) is 13.1 Å². The molecule has 0 aliphatic carbocycles. The molecule has 0 saturated heterocycles. The summed E-state index contributed by atoms with van der Waals surface area (Å²) >= 11 is 0. The standard InChI is InChI=1S/C16H28N4O/c1-5-8-17-14-7-9-18-15(11-14)12-20(10-6-2)13-16(21)19(3)4/h7,9,11H,5-6,8,10,12-13H2,1-4H3,(H,17,18). The number of carbonyl (C=O) groups is 1. The maximum absolute atomic E-state index is 11.9. The van der Waals surface area contributed by atoms with Crippen molar-refractivity contribution >= 4 is 11.6 Å². The lowest BCUT2D eigenvalue weighted by Crippen LogP contribution is -2.36. The van der Waals surface area contributed by atoms with Crippen LogP contribution in [0, 0.1) is 0 Å². The number of rotatable bonds is 9. The third-order valence-corrected chi connectivity index (χ3v) is 3.18. The van der Waals surface area contributed by atoms with Gasteiger partial charge in [-0.3, -0.25) is 14.7 Å². The van der Waals surface area contributed by atoms with Crippen molar-refractivity contribution in [1.29, 1.82) is 0 Å². The molecule has 0 saturated carbocycles. The molecule has 1 N–H and O–H groups in total. The van der Waals surface area contributed by atoms with Crippen molar-refractivity contribution in [3.8, 4) is 0 Å². The second-order valence-corrected chi connectivity index (χ2v) is 5.46. The summed E-state index contributed by atoms with van der Waals surface area (Å²) in [6.45, 7) is 7.27. The zero-order valence-corrected chi connectivity index (χ0v) is 13.7. The molecule has 5 heteroatoms. The predicted octanol–water partition coefficient (Wildman–Crippen LogP) is 2.20. The molecular formula is C16H28N4O. The SMILES string of the molecule is CCCNc1ccnc(CN(CCC)CC(=O)N(C)C)c1. The van der Waals surface area contributed by atoms with E-state index in [0.717, 1.165) is 37.3 Å². The Bertz CT molecular complexity index is 434. The first-order valence-corrected chi connectivity index (χ1v) is 7.68. The van der Waals surface area contributed by atoms with Gasteiger partial charge in [-0.2, -0.15) is 0 Å². The lowest BCUT2D eigenvalue weighted by atomic mass is 10.2. The molecule has 0 aromatic carbocycles. The van der Waals surface area contributed by atoms with Gasteiger partial charge in [0.05, 0.1) is 12.2 Å². The van der Waals surface area contributed by atoms with E-state index in [-0.39, 0.29) is 5.91 Å². The van der Waals surface area contributed by atoms with Crippen molar-refractivity contribution in [1.82, 2.24) is 14.8 Å². The molecular weight excluding hydrogens is 264 g/mol. The van der Waals surface area contributed by atoms with Crippen molar-refractivity contribution in [2.24, 2.45) is 0 Å². The highest BCUT2D eigenvalue weighted by Gasteiger charge is 2.12. The van der Waals surface area contributed by atoms with Crippen LogP contribution in [0.15, 0.2) is 18.3 Å². The fourth-order valence-electron chi connectivity index (χ4n) is 2.04. The summed E-state index contributed by atoms with van der Waals surface area (Å²) in [5.74, 6) is 0.128. The van der Waals surface area contributed by atoms with Gasteiger partial charge in [-0.15, -0.1) is 0 Å². The fraction of sp³-hybridized carbons (Fsp3) is 0.625. The van der Waals surface area contributed by atoms with Crippen LogP contribution in [0.2, 0.25) is 0 Å². The Morgan fingerprint density at radius 3 is 2.67 bits per heavy atom. The van der Waals surface area contributed by atoms with Crippen LogP contribution in [0.1, 0.15) is 32.4 Å². The number of pyridine rings is 1. The van der Waals surface area contributed by atoms with Gasteiger partial charge in [0.25, 0.3) is 0 Å². The Balaban J connectivity index is 2.67. The molecule has 0 radical (unpaired) electrons. The zero-order valence-electron chi connectivity index (χ0n) is 13.7. The molecule has 1 heterocycles. The lowest BCUT2D eigenvalue weighted by Gasteiger charge is -2.22. The van der Waals surface area contributed by atoms with E-state index in [2.05, 4.69) is 35.1 Å². The van der Waals surface area contributed by atoms with Gasteiger partial charge in [-0.25, -0.2) is 0 Å². The molecule has 1 rings (SSSR count). The van der Waals surface area contributed by atoms with Gasteiger partial charge in [-0.05, 0) is 31.5 Å². The highest BCUT2D eigenvalue weighted by molar-refractivity contribution is 5.77. The summed E-state index contributed by atoms with van der Waals surface area (Å²) in [5, 5.41) is 3.37. The number of carbonyl (C=O) groups excluding carboxylic acids is 1. The summed E-state index contributed by atoms with van der Waals surface area (Å²) < 4.78 is 0. The topological polar surface area (TPSA) is 48.5 Å². The van der Waals surface area contributed by atoms with Crippen LogP contribution in [0.25, 0.3) is 0 Å². The van der Waals surface area contributed by atoms with Crippen LogP contribution in [0.4, 0.5) is 5.69 Å². The van der Waals surface area contributed by atoms with E-state index in [1.165, 1.54) is 0 Å². The number of nitrogens with zero attached hydrogens (tertiary/aromatic N) is 3. The first kappa shape index (κ1) is 17.4. The largest absolute Gasteiger partial charge is 0.385 e. The Labute approximate surface area is 128 Å². The van der Waals surface area contributed by atoms with E-state index < -0.39 is 0 Å². The van der Waals surface area contributed by atoms with E-state index >= 15 is 0 Å². The molecule has 1 amide bonds. The van der Waals surface area contributed by atoms with Crippen LogP contribution in [0.3, 0.4) is 0 Å². The minimum absolute atomic E-state index is 0.128. The summed E-state index contributed by atoms with van der Waals surface area (Å²) in [7, 11) is 3.58. The van der Waals surface area contributed by atoms with Crippen molar-refractivity contribution in [2.45, 2.75) is 33.2 Å². The number of amides is 1. The Kier molecular flexibility index (Phi) is 7.75. The predicted molar refractivity (Wildman–Crippen MR) is 87.3 cm³/mol. The molecule has 0 atom stereocenters. The lowest BCUT2D eigenvalue weighted by molar-refractivity contribution is -0.130. The normalized spacial score (nSPS) is 10.7. The van der Waals surface area contributed by atoms with E-state index in [1.54, 1.807) is 19.0 Å². The number of aromatic nitrogens is 1. The number of nitrogens with one attached hydrogen (secondary N) is 1. The van der Waals surface area contributed by atoms with Crippen LogP contribution < -0.4 is 5.32 Å².